The molecule has 2 aliphatic rings. The molecule has 2 aliphatic carbocycles. The van der Waals surface area contributed by atoms with Crippen LogP contribution >= 0.6 is 12.4 Å². The van der Waals surface area contributed by atoms with Crippen molar-refractivity contribution in [3.63, 3.8) is 0 Å². The van der Waals surface area contributed by atoms with Crippen LogP contribution in [0.2, 0.25) is 0 Å². The molecule has 6 nitrogen and oxygen atoms in total. The summed E-state index contributed by atoms with van der Waals surface area (Å²) in [5.41, 5.74) is 6.14. The quantitative estimate of drug-likeness (QED) is 0.700. The molecule has 0 radical (unpaired) electrons. The zero-order valence-corrected chi connectivity index (χ0v) is 13.1. The predicted octanol–water partition coefficient (Wildman–Crippen LogP) is 0.921. The van der Waals surface area contributed by atoms with Crippen molar-refractivity contribution in [2.45, 2.75) is 25.3 Å². The maximum absolute atomic E-state index is 12.2. The van der Waals surface area contributed by atoms with Gasteiger partial charge in [0.15, 0.2) is 5.76 Å². The number of rotatable bonds is 5. The van der Waals surface area contributed by atoms with Gasteiger partial charge < -0.3 is 20.8 Å². The first-order valence-electron chi connectivity index (χ1n) is 7.52. The number of nitrogens with two attached hydrogens (primary N) is 1. The van der Waals surface area contributed by atoms with Crippen LogP contribution in [0, 0.1) is 17.8 Å². The summed E-state index contributed by atoms with van der Waals surface area (Å²) in [6, 6.07) is 3.26. The molecular weight excluding hydrogens is 306 g/mol. The summed E-state index contributed by atoms with van der Waals surface area (Å²) in [5.74, 6) is 0.945. The van der Waals surface area contributed by atoms with Crippen molar-refractivity contribution >= 4 is 24.2 Å². The Morgan fingerprint density at radius 3 is 2.59 bits per heavy atom. The van der Waals surface area contributed by atoms with E-state index >= 15 is 0 Å². The van der Waals surface area contributed by atoms with Crippen molar-refractivity contribution in [1.29, 1.82) is 0 Å². The molecule has 1 aromatic rings. The van der Waals surface area contributed by atoms with E-state index in [4.69, 9.17) is 10.2 Å². The van der Waals surface area contributed by atoms with Crippen molar-refractivity contribution in [3.05, 3.63) is 24.2 Å². The Labute approximate surface area is 135 Å². The zero-order valence-electron chi connectivity index (χ0n) is 12.3. The fourth-order valence-corrected chi connectivity index (χ4v) is 3.70. The molecule has 0 saturated heterocycles. The molecule has 2 fully saturated rings. The number of carbonyl (C=O) groups is 2. The van der Waals surface area contributed by atoms with Gasteiger partial charge in [-0.05, 0) is 43.2 Å². The summed E-state index contributed by atoms with van der Waals surface area (Å²) in [6.07, 6.45) is 4.82. The standard InChI is InChI=1S/C15H21N3O3.ClH/c16-13-10-4-3-9(8-10)12(13)15(20)18-6-5-17-14(19)11-2-1-7-21-11;/h1-2,7,9-10,12-13H,3-6,8,16H2,(H,17,19)(H,18,20);1H. The molecule has 2 saturated carbocycles. The molecule has 22 heavy (non-hydrogen) atoms. The van der Waals surface area contributed by atoms with Crippen LogP contribution < -0.4 is 16.4 Å². The number of amides is 2. The second kappa shape index (κ2) is 7.15. The van der Waals surface area contributed by atoms with Gasteiger partial charge in [-0.15, -0.1) is 12.4 Å². The van der Waals surface area contributed by atoms with Crippen LogP contribution in [0.1, 0.15) is 29.8 Å². The van der Waals surface area contributed by atoms with Crippen molar-refractivity contribution in [2.24, 2.45) is 23.5 Å². The molecule has 122 valence electrons. The Kier molecular flexibility index (Phi) is 5.47. The molecule has 4 atom stereocenters. The molecule has 0 spiro atoms. The Hall–Kier alpha value is -1.53. The van der Waals surface area contributed by atoms with Crippen LogP contribution in [-0.2, 0) is 4.79 Å². The first kappa shape index (κ1) is 16.8. The number of furan rings is 1. The number of halogens is 1. The third-order valence-corrected chi connectivity index (χ3v) is 4.74. The fraction of sp³-hybridized carbons (Fsp3) is 0.600. The predicted molar refractivity (Wildman–Crippen MR) is 83.6 cm³/mol. The molecular formula is C15H22ClN3O3. The van der Waals surface area contributed by atoms with E-state index in [0.717, 1.165) is 19.3 Å². The lowest BCUT2D eigenvalue weighted by atomic mass is 9.84. The largest absolute Gasteiger partial charge is 0.459 e. The number of nitrogens with one attached hydrogen (secondary N) is 2. The highest BCUT2D eigenvalue weighted by Gasteiger charge is 2.48. The Balaban J connectivity index is 0.00000176. The van der Waals surface area contributed by atoms with E-state index in [1.807, 2.05) is 0 Å². The summed E-state index contributed by atoms with van der Waals surface area (Å²) in [7, 11) is 0. The van der Waals surface area contributed by atoms with Crippen LogP contribution in [0.3, 0.4) is 0 Å². The van der Waals surface area contributed by atoms with Gasteiger partial charge in [0.2, 0.25) is 5.91 Å². The minimum Gasteiger partial charge on any atom is -0.459 e. The van der Waals surface area contributed by atoms with E-state index in [0.29, 0.717) is 24.9 Å². The Bertz CT molecular complexity index is 518. The van der Waals surface area contributed by atoms with Crippen molar-refractivity contribution in [2.75, 3.05) is 13.1 Å². The minimum absolute atomic E-state index is 0. The molecule has 4 unspecified atom stereocenters. The van der Waals surface area contributed by atoms with E-state index in [1.54, 1.807) is 12.1 Å². The van der Waals surface area contributed by atoms with Crippen LogP contribution in [0.4, 0.5) is 0 Å². The van der Waals surface area contributed by atoms with E-state index in [1.165, 1.54) is 6.26 Å². The van der Waals surface area contributed by atoms with E-state index in [2.05, 4.69) is 10.6 Å². The van der Waals surface area contributed by atoms with Gasteiger partial charge in [0.25, 0.3) is 5.91 Å². The highest BCUT2D eigenvalue weighted by atomic mass is 35.5. The minimum atomic E-state index is -0.272. The summed E-state index contributed by atoms with van der Waals surface area (Å²) >= 11 is 0. The topological polar surface area (TPSA) is 97.4 Å². The van der Waals surface area contributed by atoms with Crippen LogP contribution in [0.5, 0.6) is 0 Å². The van der Waals surface area contributed by atoms with Gasteiger partial charge in [-0.2, -0.15) is 0 Å². The molecule has 2 amide bonds. The maximum atomic E-state index is 12.2. The zero-order chi connectivity index (χ0) is 14.8. The molecule has 0 aromatic carbocycles. The average Bonchev–Trinajstić information content (AvgIpc) is 3.18. The Morgan fingerprint density at radius 1 is 1.23 bits per heavy atom. The summed E-state index contributed by atoms with van der Waals surface area (Å²) in [6.45, 7) is 0.785. The lowest BCUT2D eigenvalue weighted by molar-refractivity contribution is -0.127. The number of carbonyl (C=O) groups excluding carboxylic acids is 2. The molecule has 3 rings (SSSR count). The van der Waals surface area contributed by atoms with Crippen LogP contribution in [0.15, 0.2) is 22.8 Å². The van der Waals surface area contributed by atoms with E-state index in [-0.39, 0.29) is 41.9 Å². The monoisotopic (exact) mass is 327 g/mol. The van der Waals surface area contributed by atoms with E-state index < -0.39 is 0 Å². The van der Waals surface area contributed by atoms with Gasteiger partial charge in [0, 0.05) is 19.1 Å². The summed E-state index contributed by atoms with van der Waals surface area (Å²) in [5, 5.41) is 5.57. The number of hydrogen-bond acceptors (Lipinski definition) is 4. The SMILES string of the molecule is Cl.NC1C2CCC(C2)C1C(=O)NCCNC(=O)c1ccco1. The second-order valence-electron chi connectivity index (χ2n) is 5.96. The van der Waals surface area contributed by atoms with Crippen LogP contribution in [-0.4, -0.2) is 30.9 Å². The van der Waals surface area contributed by atoms with Gasteiger partial charge in [-0.1, -0.05) is 0 Å². The third-order valence-electron chi connectivity index (χ3n) is 4.74. The summed E-state index contributed by atoms with van der Waals surface area (Å²) < 4.78 is 4.99. The first-order chi connectivity index (χ1) is 10.2. The van der Waals surface area contributed by atoms with E-state index in [9.17, 15) is 9.59 Å². The van der Waals surface area contributed by atoms with Gasteiger partial charge in [-0.3, -0.25) is 9.59 Å². The second-order valence-corrected chi connectivity index (χ2v) is 5.96. The molecule has 0 aliphatic heterocycles. The summed E-state index contributed by atoms with van der Waals surface area (Å²) in [4.78, 5) is 23.8. The third kappa shape index (κ3) is 3.28. The van der Waals surface area contributed by atoms with Gasteiger partial charge in [-0.25, -0.2) is 0 Å². The molecule has 1 heterocycles. The fourth-order valence-electron chi connectivity index (χ4n) is 3.70. The van der Waals surface area contributed by atoms with Crippen molar-refractivity contribution in [1.82, 2.24) is 10.6 Å². The van der Waals surface area contributed by atoms with Gasteiger partial charge in [0.05, 0.1) is 12.2 Å². The highest BCUT2D eigenvalue weighted by Crippen LogP contribution is 2.47. The van der Waals surface area contributed by atoms with Crippen LogP contribution in [0.25, 0.3) is 0 Å². The van der Waals surface area contributed by atoms with Gasteiger partial charge >= 0.3 is 0 Å². The Morgan fingerprint density at radius 2 is 1.95 bits per heavy atom. The molecule has 1 aromatic heterocycles. The smallest absolute Gasteiger partial charge is 0.287 e. The lowest BCUT2D eigenvalue weighted by Crippen LogP contribution is -2.46. The molecule has 2 bridgehead atoms. The molecule has 7 heteroatoms. The first-order valence-corrected chi connectivity index (χ1v) is 7.52. The van der Waals surface area contributed by atoms with Crippen molar-refractivity contribution < 1.29 is 14.0 Å². The number of fused-ring (bicyclic) bond motifs is 2. The normalized spacial score (nSPS) is 29.0. The maximum Gasteiger partial charge on any atom is 0.287 e. The average molecular weight is 328 g/mol. The highest BCUT2D eigenvalue weighted by molar-refractivity contribution is 5.91. The number of hydrogen-bond donors (Lipinski definition) is 3. The van der Waals surface area contributed by atoms with Gasteiger partial charge in [0.1, 0.15) is 0 Å². The molecule has 4 N–H and O–H groups in total. The lowest BCUT2D eigenvalue weighted by Gasteiger charge is -2.27. The van der Waals surface area contributed by atoms with Crippen molar-refractivity contribution in [3.8, 4) is 0 Å².